The molecule has 0 aliphatic rings. The van der Waals surface area contributed by atoms with Crippen molar-refractivity contribution >= 4 is 34.1 Å². The summed E-state index contributed by atoms with van der Waals surface area (Å²) in [6.07, 6.45) is 0.875. The fourth-order valence-electron chi connectivity index (χ4n) is 3.37. The highest BCUT2D eigenvalue weighted by atomic mass is 35.5. The highest BCUT2D eigenvalue weighted by Crippen LogP contribution is 2.19. The highest BCUT2D eigenvalue weighted by Gasteiger charge is 2.15. The number of aromatic amines is 1. The van der Waals surface area contributed by atoms with Gasteiger partial charge in [-0.2, -0.15) is 0 Å². The highest BCUT2D eigenvalue weighted by molar-refractivity contribution is 6.31. The third-order valence-electron chi connectivity index (χ3n) is 4.74. The van der Waals surface area contributed by atoms with E-state index in [4.69, 9.17) is 11.6 Å². The van der Waals surface area contributed by atoms with Crippen LogP contribution in [0.2, 0.25) is 5.02 Å². The Morgan fingerprint density at radius 2 is 1.93 bits per heavy atom. The van der Waals surface area contributed by atoms with Crippen molar-refractivity contribution in [2.75, 3.05) is 18.4 Å². The Labute approximate surface area is 174 Å². The first-order valence-corrected chi connectivity index (χ1v) is 10.0. The Bertz CT molecular complexity index is 1070. The Kier molecular flexibility index (Phi) is 6.67. The molecule has 0 bridgehead atoms. The van der Waals surface area contributed by atoms with Crippen LogP contribution < -0.4 is 10.9 Å². The summed E-state index contributed by atoms with van der Waals surface area (Å²) in [4.78, 5) is 34.3. The fraction of sp³-hybridized carbons (Fsp3) is 0.318. The van der Waals surface area contributed by atoms with Crippen LogP contribution in [0.3, 0.4) is 0 Å². The van der Waals surface area contributed by atoms with Gasteiger partial charge in [-0.15, -0.1) is 0 Å². The van der Waals surface area contributed by atoms with Crippen LogP contribution in [0.25, 0.3) is 10.9 Å². The maximum absolute atomic E-state index is 12.7. The van der Waals surface area contributed by atoms with Crippen molar-refractivity contribution in [3.8, 4) is 0 Å². The zero-order chi connectivity index (χ0) is 21.0. The maximum Gasteiger partial charge on any atom is 0.258 e. The molecule has 7 heteroatoms. The number of carbonyl (C=O) groups excluding carboxylic acids is 1. The predicted molar refractivity (Wildman–Crippen MR) is 117 cm³/mol. The van der Waals surface area contributed by atoms with Crippen LogP contribution in [0.4, 0.5) is 5.69 Å². The van der Waals surface area contributed by atoms with Crippen molar-refractivity contribution in [3.63, 3.8) is 0 Å². The van der Waals surface area contributed by atoms with Crippen LogP contribution in [0.5, 0.6) is 0 Å². The van der Waals surface area contributed by atoms with Gasteiger partial charge in [0.1, 0.15) is 5.82 Å². The largest absolute Gasteiger partial charge is 0.324 e. The number of nitrogens with one attached hydrogen (secondary N) is 2. The van der Waals surface area contributed by atoms with Gasteiger partial charge in [0, 0.05) is 10.7 Å². The SMILES string of the molecule is CCCN(CC(=O)Nc1c(C)cccc1C)Cc1nc2cc(Cl)ccc2c(=O)[nH]1. The van der Waals surface area contributed by atoms with Crippen molar-refractivity contribution < 1.29 is 4.79 Å². The summed E-state index contributed by atoms with van der Waals surface area (Å²) in [5.74, 6) is 0.417. The van der Waals surface area contributed by atoms with Gasteiger partial charge in [-0.1, -0.05) is 36.7 Å². The second-order valence-corrected chi connectivity index (χ2v) is 7.64. The van der Waals surface area contributed by atoms with Crippen LogP contribution in [0.1, 0.15) is 30.3 Å². The van der Waals surface area contributed by atoms with Gasteiger partial charge in [-0.25, -0.2) is 4.98 Å². The lowest BCUT2D eigenvalue weighted by molar-refractivity contribution is -0.117. The van der Waals surface area contributed by atoms with Gasteiger partial charge in [0.2, 0.25) is 5.91 Å². The van der Waals surface area contributed by atoms with Gasteiger partial charge in [0.05, 0.1) is 24.0 Å². The van der Waals surface area contributed by atoms with E-state index in [0.717, 1.165) is 23.2 Å². The number of halogens is 1. The Morgan fingerprint density at radius 3 is 2.62 bits per heavy atom. The molecular weight excluding hydrogens is 388 g/mol. The minimum Gasteiger partial charge on any atom is -0.324 e. The first kappa shape index (κ1) is 21.0. The van der Waals surface area contributed by atoms with Crippen molar-refractivity contribution in [2.45, 2.75) is 33.7 Å². The molecule has 0 atom stereocenters. The number of anilines is 1. The number of fused-ring (bicyclic) bond motifs is 1. The Balaban J connectivity index is 1.77. The molecule has 152 valence electrons. The van der Waals surface area contributed by atoms with Gasteiger partial charge in [0.15, 0.2) is 0 Å². The molecule has 0 unspecified atom stereocenters. The lowest BCUT2D eigenvalue weighted by Crippen LogP contribution is -2.34. The molecule has 1 amide bonds. The molecule has 0 saturated carbocycles. The number of H-pyrrole nitrogens is 1. The molecule has 0 saturated heterocycles. The van der Waals surface area contributed by atoms with E-state index in [-0.39, 0.29) is 18.0 Å². The van der Waals surface area contributed by atoms with Crippen molar-refractivity contribution in [2.24, 2.45) is 0 Å². The summed E-state index contributed by atoms with van der Waals surface area (Å²) in [6, 6.07) is 10.9. The van der Waals surface area contributed by atoms with E-state index in [1.165, 1.54) is 0 Å². The molecule has 3 aromatic rings. The van der Waals surface area contributed by atoms with E-state index < -0.39 is 0 Å². The van der Waals surface area contributed by atoms with Crippen LogP contribution >= 0.6 is 11.6 Å². The van der Waals surface area contributed by atoms with Crippen molar-refractivity contribution in [1.82, 2.24) is 14.9 Å². The number of aryl methyl sites for hydroxylation is 2. The quantitative estimate of drug-likeness (QED) is 0.613. The number of aromatic nitrogens is 2. The van der Waals surface area contributed by atoms with E-state index in [1.54, 1.807) is 18.2 Å². The molecule has 0 aliphatic heterocycles. The maximum atomic E-state index is 12.7. The lowest BCUT2D eigenvalue weighted by Gasteiger charge is -2.21. The number of rotatable bonds is 7. The molecule has 2 aromatic carbocycles. The third-order valence-corrected chi connectivity index (χ3v) is 4.98. The van der Waals surface area contributed by atoms with Gasteiger partial charge in [-0.3, -0.25) is 14.5 Å². The van der Waals surface area contributed by atoms with Gasteiger partial charge >= 0.3 is 0 Å². The molecule has 6 nitrogen and oxygen atoms in total. The summed E-state index contributed by atoms with van der Waals surface area (Å²) in [5, 5.41) is 4.03. The fourth-order valence-corrected chi connectivity index (χ4v) is 3.54. The third kappa shape index (κ3) is 5.22. The van der Waals surface area contributed by atoms with Crippen molar-refractivity contribution in [1.29, 1.82) is 0 Å². The number of hydrogen-bond donors (Lipinski definition) is 2. The minimum atomic E-state index is -0.210. The molecule has 1 heterocycles. The monoisotopic (exact) mass is 412 g/mol. The normalized spacial score (nSPS) is 11.2. The van der Waals surface area contributed by atoms with E-state index >= 15 is 0 Å². The van der Waals surface area contributed by atoms with Crippen LogP contribution in [-0.4, -0.2) is 33.9 Å². The zero-order valence-electron chi connectivity index (χ0n) is 16.9. The van der Waals surface area contributed by atoms with Gasteiger partial charge in [0.25, 0.3) is 5.56 Å². The molecule has 3 rings (SSSR count). The number of carbonyl (C=O) groups is 1. The first-order chi connectivity index (χ1) is 13.9. The van der Waals surface area contributed by atoms with Gasteiger partial charge in [-0.05, 0) is 56.1 Å². The van der Waals surface area contributed by atoms with Crippen LogP contribution in [0.15, 0.2) is 41.2 Å². The average Bonchev–Trinajstić information content (AvgIpc) is 2.64. The molecule has 1 aromatic heterocycles. The number of benzene rings is 2. The topological polar surface area (TPSA) is 78.1 Å². The zero-order valence-corrected chi connectivity index (χ0v) is 17.6. The number of para-hydroxylation sites is 1. The number of nitrogens with zero attached hydrogens (tertiary/aromatic N) is 2. The van der Waals surface area contributed by atoms with Crippen molar-refractivity contribution in [3.05, 3.63) is 68.7 Å². The van der Waals surface area contributed by atoms with E-state index in [1.807, 2.05) is 43.9 Å². The average molecular weight is 413 g/mol. The second kappa shape index (κ2) is 9.20. The summed E-state index contributed by atoms with van der Waals surface area (Å²) in [6.45, 7) is 7.28. The summed E-state index contributed by atoms with van der Waals surface area (Å²) in [7, 11) is 0. The lowest BCUT2D eigenvalue weighted by atomic mass is 10.1. The standard InChI is InChI=1S/C22H25ClN4O2/c1-4-10-27(13-20(28)26-21-14(2)6-5-7-15(21)3)12-19-24-18-11-16(23)8-9-17(18)22(29)25-19/h5-9,11H,4,10,12-13H2,1-3H3,(H,26,28)(H,24,25,29). The second-order valence-electron chi connectivity index (χ2n) is 7.20. The number of hydrogen-bond acceptors (Lipinski definition) is 4. The van der Waals surface area contributed by atoms with Crippen LogP contribution in [0, 0.1) is 13.8 Å². The molecule has 0 fully saturated rings. The molecular formula is C22H25ClN4O2. The number of amides is 1. The molecule has 2 N–H and O–H groups in total. The summed E-state index contributed by atoms with van der Waals surface area (Å²) < 4.78 is 0. The predicted octanol–water partition coefficient (Wildman–Crippen LogP) is 4.04. The Hall–Kier alpha value is -2.70. The summed E-state index contributed by atoms with van der Waals surface area (Å²) >= 11 is 6.03. The minimum absolute atomic E-state index is 0.0953. The molecule has 0 spiro atoms. The van der Waals surface area contributed by atoms with E-state index in [9.17, 15) is 9.59 Å². The Morgan fingerprint density at radius 1 is 1.21 bits per heavy atom. The first-order valence-electron chi connectivity index (χ1n) is 9.64. The summed E-state index contributed by atoms with van der Waals surface area (Å²) in [5.41, 5.74) is 3.24. The molecule has 29 heavy (non-hydrogen) atoms. The van der Waals surface area contributed by atoms with Gasteiger partial charge < -0.3 is 10.3 Å². The van der Waals surface area contributed by atoms with E-state index in [2.05, 4.69) is 15.3 Å². The van der Waals surface area contributed by atoms with Crippen LogP contribution in [-0.2, 0) is 11.3 Å². The van der Waals surface area contributed by atoms with E-state index in [0.29, 0.717) is 34.8 Å². The smallest absolute Gasteiger partial charge is 0.258 e. The molecule has 0 aliphatic carbocycles. The molecule has 0 radical (unpaired) electrons.